The molecule has 0 saturated carbocycles. The Kier molecular flexibility index (Phi) is 3.86. The van der Waals surface area contributed by atoms with Gasteiger partial charge in [-0.25, -0.2) is 9.97 Å². The predicted molar refractivity (Wildman–Crippen MR) is 86.5 cm³/mol. The van der Waals surface area contributed by atoms with Crippen molar-refractivity contribution in [3.63, 3.8) is 0 Å². The number of thiophene rings is 1. The van der Waals surface area contributed by atoms with Crippen LogP contribution in [0.5, 0.6) is 0 Å². The quantitative estimate of drug-likeness (QED) is 0.891. The molecule has 3 heterocycles. The Balaban J connectivity index is 1.96. The van der Waals surface area contributed by atoms with E-state index in [1.54, 1.807) is 11.3 Å². The van der Waals surface area contributed by atoms with Gasteiger partial charge in [0.1, 0.15) is 16.5 Å². The van der Waals surface area contributed by atoms with Crippen LogP contribution in [0.4, 0.5) is 5.82 Å². The fourth-order valence-electron chi connectivity index (χ4n) is 2.98. The number of rotatable bonds is 2. The first-order chi connectivity index (χ1) is 9.97. The van der Waals surface area contributed by atoms with E-state index in [4.69, 9.17) is 10.7 Å². The second kappa shape index (κ2) is 5.51. The molecule has 114 valence electrons. The predicted octanol–water partition coefficient (Wildman–Crippen LogP) is 2.41. The van der Waals surface area contributed by atoms with Gasteiger partial charge in [0.25, 0.3) is 0 Å². The van der Waals surface area contributed by atoms with Crippen molar-refractivity contribution in [1.29, 1.82) is 0 Å². The van der Waals surface area contributed by atoms with Crippen LogP contribution < -0.4 is 5.73 Å². The molecule has 1 aliphatic rings. The summed E-state index contributed by atoms with van der Waals surface area (Å²) in [6, 6.07) is 0.0781. The number of hydrogen-bond acceptors (Lipinski definition) is 6. The minimum absolute atomic E-state index is 0.0781. The standard InChI is InChI=1S/C15H22N4OS/c1-8-10(3)21-15-12(8)13(16)17-14(18-15)9(2)19-6-4-5-11(20)7-19/h9,11,20H,4-7H2,1-3H3,(H2,16,17,18)/t9-,11-/m0/s1. The monoisotopic (exact) mass is 306 g/mol. The summed E-state index contributed by atoms with van der Waals surface area (Å²) in [5.74, 6) is 1.33. The first-order valence-corrected chi connectivity index (χ1v) is 8.24. The highest BCUT2D eigenvalue weighted by molar-refractivity contribution is 7.18. The lowest BCUT2D eigenvalue weighted by Gasteiger charge is -2.34. The van der Waals surface area contributed by atoms with E-state index in [9.17, 15) is 5.11 Å². The molecule has 0 aliphatic carbocycles. The average Bonchev–Trinajstić information content (AvgIpc) is 2.73. The Morgan fingerprint density at radius 2 is 2.14 bits per heavy atom. The molecule has 21 heavy (non-hydrogen) atoms. The van der Waals surface area contributed by atoms with Crippen molar-refractivity contribution < 1.29 is 5.11 Å². The number of anilines is 1. The summed E-state index contributed by atoms with van der Waals surface area (Å²) in [5, 5.41) is 10.8. The largest absolute Gasteiger partial charge is 0.392 e. The van der Waals surface area contributed by atoms with E-state index in [1.807, 2.05) is 0 Å². The van der Waals surface area contributed by atoms with Crippen LogP contribution in [0.25, 0.3) is 10.2 Å². The van der Waals surface area contributed by atoms with Crippen LogP contribution >= 0.6 is 11.3 Å². The number of aliphatic hydroxyl groups is 1. The van der Waals surface area contributed by atoms with Gasteiger partial charge < -0.3 is 10.8 Å². The van der Waals surface area contributed by atoms with E-state index in [0.29, 0.717) is 12.4 Å². The van der Waals surface area contributed by atoms with Crippen LogP contribution in [0.2, 0.25) is 0 Å². The zero-order chi connectivity index (χ0) is 15.1. The maximum atomic E-state index is 9.84. The number of piperidine rings is 1. The zero-order valence-corrected chi connectivity index (χ0v) is 13.6. The number of nitrogens with two attached hydrogens (primary N) is 1. The van der Waals surface area contributed by atoms with E-state index in [-0.39, 0.29) is 12.1 Å². The highest BCUT2D eigenvalue weighted by Crippen LogP contribution is 2.33. The third-order valence-corrected chi connectivity index (χ3v) is 5.52. The molecule has 1 aliphatic heterocycles. The third kappa shape index (κ3) is 2.63. The second-order valence-corrected chi connectivity index (χ2v) is 7.10. The number of aryl methyl sites for hydroxylation is 2. The maximum Gasteiger partial charge on any atom is 0.149 e. The fourth-order valence-corrected chi connectivity index (χ4v) is 4.03. The van der Waals surface area contributed by atoms with Crippen molar-refractivity contribution in [3.05, 3.63) is 16.3 Å². The van der Waals surface area contributed by atoms with Crippen LogP contribution in [0.1, 0.15) is 42.1 Å². The lowest BCUT2D eigenvalue weighted by molar-refractivity contribution is 0.0485. The van der Waals surface area contributed by atoms with Crippen molar-refractivity contribution in [2.45, 2.75) is 45.8 Å². The van der Waals surface area contributed by atoms with Gasteiger partial charge in [0.2, 0.25) is 0 Å². The molecule has 0 radical (unpaired) electrons. The van der Waals surface area contributed by atoms with E-state index in [1.165, 1.54) is 10.4 Å². The van der Waals surface area contributed by atoms with Gasteiger partial charge in [-0.15, -0.1) is 11.3 Å². The number of fused-ring (bicyclic) bond motifs is 1. The highest BCUT2D eigenvalue weighted by atomic mass is 32.1. The molecule has 6 heteroatoms. The molecule has 1 saturated heterocycles. The highest BCUT2D eigenvalue weighted by Gasteiger charge is 2.25. The van der Waals surface area contributed by atoms with Crippen LogP contribution in [0.3, 0.4) is 0 Å². The summed E-state index contributed by atoms with van der Waals surface area (Å²) in [4.78, 5) is 13.7. The summed E-state index contributed by atoms with van der Waals surface area (Å²) in [7, 11) is 0. The van der Waals surface area contributed by atoms with Crippen LogP contribution in [-0.2, 0) is 0 Å². The molecule has 3 N–H and O–H groups in total. The number of β-amino-alcohol motifs (C(OH)–C–C–N with tert-alkyl or cyclic N) is 1. The molecular weight excluding hydrogens is 284 g/mol. The van der Waals surface area contributed by atoms with Gasteiger partial charge in [-0.3, -0.25) is 4.90 Å². The minimum Gasteiger partial charge on any atom is -0.392 e. The summed E-state index contributed by atoms with van der Waals surface area (Å²) in [5.41, 5.74) is 7.33. The summed E-state index contributed by atoms with van der Waals surface area (Å²) in [6.45, 7) is 7.90. The average molecular weight is 306 g/mol. The van der Waals surface area contributed by atoms with Crippen LogP contribution in [-0.4, -0.2) is 39.2 Å². The third-order valence-electron chi connectivity index (χ3n) is 4.42. The Morgan fingerprint density at radius 3 is 2.86 bits per heavy atom. The van der Waals surface area contributed by atoms with Gasteiger partial charge in [-0.05, 0) is 45.7 Å². The van der Waals surface area contributed by atoms with E-state index < -0.39 is 0 Å². The first-order valence-electron chi connectivity index (χ1n) is 7.42. The Morgan fingerprint density at radius 1 is 1.38 bits per heavy atom. The molecule has 0 amide bonds. The number of likely N-dealkylation sites (tertiary alicyclic amines) is 1. The number of nitrogen functional groups attached to an aromatic ring is 1. The number of nitrogens with zero attached hydrogens (tertiary/aromatic N) is 3. The minimum atomic E-state index is -0.242. The molecule has 2 aromatic heterocycles. The molecule has 1 fully saturated rings. The Hall–Kier alpha value is -1.24. The molecular formula is C15H22N4OS. The molecule has 0 aromatic carbocycles. The van der Waals surface area contributed by atoms with E-state index in [0.717, 1.165) is 35.4 Å². The summed E-state index contributed by atoms with van der Waals surface area (Å²) >= 11 is 1.67. The number of aliphatic hydroxyl groups excluding tert-OH is 1. The van der Waals surface area contributed by atoms with Gasteiger partial charge in [-0.1, -0.05) is 0 Å². The van der Waals surface area contributed by atoms with Gasteiger partial charge in [0.05, 0.1) is 17.5 Å². The van der Waals surface area contributed by atoms with E-state index in [2.05, 4.69) is 30.7 Å². The molecule has 2 atom stereocenters. The molecule has 0 bridgehead atoms. The molecule has 0 unspecified atom stereocenters. The van der Waals surface area contributed by atoms with Gasteiger partial charge in [-0.2, -0.15) is 0 Å². The van der Waals surface area contributed by atoms with Crippen molar-refractivity contribution in [2.75, 3.05) is 18.8 Å². The van der Waals surface area contributed by atoms with Gasteiger partial charge in [0.15, 0.2) is 0 Å². The van der Waals surface area contributed by atoms with Crippen molar-refractivity contribution in [1.82, 2.24) is 14.9 Å². The SMILES string of the molecule is Cc1sc2nc([C@H](C)N3CCC[C@H](O)C3)nc(N)c2c1C. The second-order valence-electron chi connectivity index (χ2n) is 5.90. The van der Waals surface area contributed by atoms with Crippen molar-refractivity contribution in [3.8, 4) is 0 Å². The smallest absolute Gasteiger partial charge is 0.149 e. The normalized spacial score (nSPS) is 21.8. The lowest BCUT2D eigenvalue weighted by Crippen LogP contribution is -2.40. The molecule has 0 spiro atoms. The zero-order valence-electron chi connectivity index (χ0n) is 12.8. The first kappa shape index (κ1) is 14.7. The lowest BCUT2D eigenvalue weighted by atomic mass is 10.1. The van der Waals surface area contributed by atoms with Crippen molar-refractivity contribution in [2.24, 2.45) is 0 Å². The molecule has 2 aromatic rings. The summed E-state index contributed by atoms with van der Waals surface area (Å²) < 4.78 is 0. The Labute approximate surface area is 128 Å². The Bertz CT molecular complexity index is 669. The van der Waals surface area contributed by atoms with E-state index >= 15 is 0 Å². The van der Waals surface area contributed by atoms with Crippen LogP contribution in [0, 0.1) is 13.8 Å². The molecule has 3 rings (SSSR count). The molecule has 5 nitrogen and oxygen atoms in total. The van der Waals surface area contributed by atoms with Gasteiger partial charge in [0, 0.05) is 11.4 Å². The maximum absolute atomic E-state index is 9.84. The summed E-state index contributed by atoms with van der Waals surface area (Å²) in [6.07, 6.45) is 1.66. The number of aromatic nitrogens is 2. The van der Waals surface area contributed by atoms with Crippen molar-refractivity contribution >= 4 is 27.4 Å². The number of hydrogen-bond donors (Lipinski definition) is 2. The van der Waals surface area contributed by atoms with Gasteiger partial charge >= 0.3 is 0 Å². The topological polar surface area (TPSA) is 75.3 Å². The van der Waals surface area contributed by atoms with Crippen LogP contribution in [0.15, 0.2) is 0 Å². The fraction of sp³-hybridized carbons (Fsp3) is 0.600.